The molecular weight excluding hydrogens is 188 g/mol. The van der Waals surface area contributed by atoms with Gasteiger partial charge in [-0.3, -0.25) is 4.79 Å². The summed E-state index contributed by atoms with van der Waals surface area (Å²) in [4.78, 5) is 11.0. The monoisotopic (exact) mass is 198 g/mol. The van der Waals surface area contributed by atoms with E-state index in [4.69, 9.17) is 11.6 Å². The number of alkyl halides is 1. The third-order valence-electron chi connectivity index (χ3n) is 1.87. The molecule has 70 valence electrons. The van der Waals surface area contributed by atoms with Crippen LogP contribution in [-0.2, 0) is 11.2 Å². The van der Waals surface area contributed by atoms with E-state index in [1.807, 2.05) is 6.92 Å². The molecule has 1 aromatic carbocycles. The SMILES string of the molecule is Cc1ccc(O)cc1CC(=O)CCl. The van der Waals surface area contributed by atoms with Crippen LogP contribution in [-0.4, -0.2) is 16.8 Å². The van der Waals surface area contributed by atoms with Crippen molar-refractivity contribution < 1.29 is 9.90 Å². The van der Waals surface area contributed by atoms with E-state index < -0.39 is 0 Å². The Morgan fingerprint density at radius 1 is 1.54 bits per heavy atom. The number of carbonyl (C=O) groups is 1. The van der Waals surface area contributed by atoms with Gasteiger partial charge in [-0.25, -0.2) is 0 Å². The fraction of sp³-hybridized carbons (Fsp3) is 0.300. The van der Waals surface area contributed by atoms with Crippen LogP contribution < -0.4 is 0 Å². The number of aryl methyl sites for hydroxylation is 1. The van der Waals surface area contributed by atoms with Gasteiger partial charge in [0, 0.05) is 6.42 Å². The van der Waals surface area contributed by atoms with E-state index in [1.54, 1.807) is 18.2 Å². The first kappa shape index (κ1) is 10.1. The highest BCUT2D eigenvalue weighted by Gasteiger charge is 2.05. The summed E-state index contributed by atoms with van der Waals surface area (Å²) in [5.74, 6) is 0.174. The van der Waals surface area contributed by atoms with Crippen LogP contribution in [0.15, 0.2) is 18.2 Å². The first-order chi connectivity index (χ1) is 6.13. The number of carbonyl (C=O) groups excluding carboxylic acids is 1. The zero-order chi connectivity index (χ0) is 9.84. The zero-order valence-corrected chi connectivity index (χ0v) is 8.14. The molecule has 1 rings (SSSR count). The van der Waals surface area contributed by atoms with Gasteiger partial charge < -0.3 is 5.11 Å². The van der Waals surface area contributed by atoms with Crippen molar-refractivity contribution in [1.82, 2.24) is 0 Å². The van der Waals surface area contributed by atoms with Crippen LogP contribution >= 0.6 is 11.6 Å². The van der Waals surface area contributed by atoms with Crippen LogP contribution in [0.25, 0.3) is 0 Å². The van der Waals surface area contributed by atoms with Gasteiger partial charge in [0.25, 0.3) is 0 Å². The maximum absolute atomic E-state index is 11.0. The number of phenolic OH excluding ortho intramolecular Hbond substituents is 1. The van der Waals surface area contributed by atoms with Gasteiger partial charge in [0.2, 0.25) is 0 Å². The Labute approximate surface area is 82.2 Å². The van der Waals surface area contributed by atoms with Gasteiger partial charge in [0.1, 0.15) is 5.75 Å². The normalized spacial score (nSPS) is 10.0. The van der Waals surface area contributed by atoms with Crippen LogP contribution in [0, 0.1) is 6.92 Å². The van der Waals surface area contributed by atoms with Crippen molar-refractivity contribution in [3.63, 3.8) is 0 Å². The predicted octanol–water partition coefficient (Wildman–Crippen LogP) is 2.05. The number of halogens is 1. The van der Waals surface area contributed by atoms with Gasteiger partial charge in [-0.05, 0) is 30.2 Å². The number of benzene rings is 1. The van der Waals surface area contributed by atoms with Crippen molar-refractivity contribution in [2.45, 2.75) is 13.3 Å². The molecule has 0 radical (unpaired) electrons. The van der Waals surface area contributed by atoms with Crippen LogP contribution in [0.4, 0.5) is 0 Å². The van der Waals surface area contributed by atoms with E-state index in [1.165, 1.54) is 0 Å². The Kier molecular flexibility index (Phi) is 3.32. The predicted molar refractivity (Wildman–Crippen MR) is 52.3 cm³/mol. The molecule has 0 saturated heterocycles. The van der Waals surface area contributed by atoms with E-state index in [0.717, 1.165) is 11.1 Å². The Balaban J connectivity index is 2.87. The molecule has 13 heavy (non-hydrogen) atoms. The Morgan fingerprint density at radius 2 is 2.23 bits per heavy atom. The van der Waals surface area contributed by atoms with Crippen LogP contribution in [0.3, 0.4) is 0 Å². The lowest BCUT2D eigenvalue weighted by Crippen LogP contribution is -2.04. The largest absolute Gasteiger partial charge is 0.508 e. The fourth-order valence-electron chi connectivity index (χ4n) is 1.11. The molecule has 0 aliphatic rings. The number of ketones is 1. The summed E-state index contributed by atoms with van der Waals surface area (Å²) in [5, 5.41) is 9.18. The summed E-state index contributed by atoms with van der Waals surface area (Å²) < 4.78 is 0. The summed E-state index contributed by atoms with van der Waals surface area (Å²) in [6.45, 7) is 1.90. The minimum Gasteiger partial charge on any atom is -0.508 e. The van der Waals surface area contributed by atoms with Crippen molar-refractivity contribution in [2.75, 3.05) is 5.88 Å². The van der Waals surface area contributed by atoms with Gasteiger partial charge in [0.05, 0.1) is 5.88 Å². The maximum Gasteiger partial charge on any atom is 0.151 e. The van der Waals surface area contributed by atoms with E-state index >= 15 is 0 Å². The molecule has 0 aromatic heterocycles. The van der Waals surface area contributed by atoms with Gasteiger partial charge >= 0.3 is 0 Å². The molecular formula is C10H11ClO2. The molecule has 2 nitrogen and oxygen atoms in total. The van der Waals surface area contributed by atoms with E-state index in [2.05, 4.69) is 0 Å². The first-order valence-electron chi connectivity index (χ1n) is 3.99. The van der Waals surface area contributed by atoms with E-state index in [-0.39, 0.29) is 17.4 Å². The van der Waals surface area contributed by atoms with Crippen molar-refractivity contribution in [2.24, 2.45) is 0 Å². The summed E-state index contributed by atoms with van der Waals surface area (Å²) in [5.41, 5.74) is 1.84. The molecule has 0 aliphatic carbocycles. The molecule has 0 amide bonds. The molecule has 0 atom stereocenters. The average Bonchev–Trinajstić information content (AvgIpc) is 2.11. The summed E-state index contributed by atoms with van der Waals surface area (Å²) in [6.07, 6.45) is 0.295. The van der Waals surface area contributed by atoms with Crippen molar-refractivity contribution in [1.29, 1.82) is 0 Å². The average molecular weight is 199 g/mol. The van der Waals surface area contributed by atoms with Gasteiger partial charge in [0.15, 0.2) is 5.78 Å². The molecule has 0 heterocycles. The summed E-state index contributed by atoms with van der Waals surface area (Å²) in [6, 6.07) is 4.98. The van der Waals surface area contributed by atoms with E-state index in [0.29, 0.717) is 6.42 Å². The van der Waals surface area contributed by atoms with Crippen molar-refractivity contribution >= 4 is 17.4 Å². The highest BCUT2D eigenvalue weighted by atomic mass is 35.5. The Hall–Kier alpha value is -1.02. The van der Waals surface area contributed by atoms with Gasteiger partial charge in [-0.15, -0.1) is 11.6 Å². The second-order valence-electron chi connectivity index (χ2n) is 2.96. The first-order valence-corrected chi connectivity index (χ1v) is 4.53. The van der Waals surface area contributed by atoms with Crippen LogP contribution in [0.5, 0.6) is 5.75 Å². The molecule has 0 fully saturated rings. The second-order valence-corrected chi connectivity index (χ2v) is 3.23. The molecule has 0 unspecified atom stereocenters. The smallest absolute Gasteiger partial charge is 0.151 e. The highest BCUT2D eigenvalue weighted by Crippen LogP contribution is 2.16. The molecule has 0 saturated carbocycles. The van der Waals surface area contributed by atoms with Gasteiger partial charge in [-0.1, -0.05) is 6.07 Å². The number of hydrogen-bond donors (Lipinski definition) is 1. The van der Waals surface area contributed by atoms with Crippen molar-refractivity contribution in [3.05, 3.63) is 29.3 Å². The molecule has 1 aromatic rings. The molecule has 1 N–H and O–H groups in total. The zero-order valence-electron chi connectivity index (χ0n) is 7.38. The third-order valence-corrected chi connectivity index (χ3v) is 2.17. The number of phenols is 1. The molecule has 0 aliphatic heterocycles. The number of aromatic hydroxyl groups is 1. The quantitative estimate of drug-likeness (QED) is 0.755. The molecule has 0 bridgehead atoms. The van der Waals surface area contributed by atoms with Crippen LogP contribution in [0.2, 0.25) is 0 Å². The summed E-state index contributed by atoms with van der Waals surface area (Å²) >= 11 is 5.38. The fourth-order valence-corrected chi connectivity index (χ4v) is 1.20. The van der Waals surface area contributed by atoms with Crippen molar-refractivity contribution in [3.8, 4) is 5.75 Å². The topological polar surface area (TPSA) is 37.3 Å². The van der Waals surface area contributed by atoms with Crippen LogP contribution in [0.1, 0.15) is 11.1 Å². The van der Waals surface area contributed by atoms with Gasteiger partial charge in [-0.2, -0.15) is 0 Å². The number of Topliss-reactive ketones (excluding diaryl/α,β-unsaturated/α-hetero) is 1. The minimum atomic E-state index is -0.0321. The molecule has 0 spiro atoms. The number of rotatable bonds is 3. The van der Waals surface area contributed by atoms with E-state index in [9.17, 15) is 9.90 Å². The lowest BCUT2D eigenvalue weighted by atomic mass is 10.0. The minimum absolute atomic E-state index is 0.0229. The lowest BCUT2D eigenvalue weighted by Gasteiger charge is -2.03. The lowest BCUT2D eigenvalue weighted by molar-refractivity contribution is -0.116. The Bertz CT molecular complexity index is 321. The Morgan fingerprint density at radius 3 is 2.85 bits per heavy atom. The number of hydrogen-bond acceptors (Lipinski definition) is 2. The summed E-state index contributed by atoms with van der Waals surface area (Å²) in [7, 11) is 0. The molecule has 3 heteroatoms. The maximum atomic E-state index is 11.0. The standard InChI is InChI=1S/C10H11ClO2/c1-7-2-3-9(12)4-8(7)5-10(13)6-11/h2-4,12H,5-6H2,1H3. The highest BCUT2D eigenvalue weighted by molar-refractivity contribution is 6.27. The third kappa shape index (κ3) is 2.74. The second kappa shape index (κ2) is 4.28.